The van der Waals surface area contributed by atoms with Gasteiger partial charge in [0.1, 0.15) is 0 Å². The minimum absolute atomic E-state index is 0.230. The molecule has 1 aliphatic rings. The van der Waals surface area contributed by atoms with E-state index in [9.17, 15) is 8.42 Å². The zero-order valence-corrected chi connectivity index (χ0v) is 11.9. The van der Waals surface area contributed by atoms with Gasteiger partial charge < -0.3 is 5.32 Å². The second-order valence-corrected chi connectivity index (χ2v) is 7.48. The van der Waals surface area contributed by atoms with Crippen LogP contribution in [0.15, 0.2) is 30.5 Å². The van der Waals surface area contributed by atoms with E-state index in [-0.39, 0.29) is 5.92 Å². The van der Waals surface area contributed by atoms with Crippen LogP contribution in [0.3, 0.4) is 0 Å². The third-order valence-corrected chi connectivity index (χ3v) is 5.40. The lowest BCUT2D eigenvalue weighted by Crippen LogP contribution is -2.23. The predicted octanol–water partition coefficient (Wildman–Crippen LogP) is 1.15. The molecule has 5 nitrogen and oxygen atoms in total. The fourth-order valence-electron chi connectivity index (χ4n) is 2.52. The molecule has 1 aromatic heterocycles. The third-order valence-electron chi connectivity index (χ3n) is 3.56. The first-order valence-corrected chi connectivity index (χ1v) is 8.56. The van der Waals surface area contributed by atoms with Crippen molar-refractivity contribution in [1.29, 1.82) is 0 Å². The van der Waals surface area contributed by atoms with Crippen molar-refractivity contribution >= 4 is 20.9 Å². The van der Waals surface area contributed by atoms with Crippen LogP contribution in [-0.2, 0) is 16.4 Å². The minimum atomic E-state index is -2.79. The van der Waals surface area contributed by atoms with Crippen LogP contribution < -0.4 is 5.32 Å². The van der Waals surface area contributed by atoms with E-state index in [2.05, 4.69) is 15.3 Å². The van der Waals surface area contributed by atoms with Gasteiger partial charge in [0, 0.05) is 6.54 Å². The van der Waals surface area contributed by atoms with Crippen LogP contribution in [0.25, 0.3) is 11.0 Å². The summed E-state index contributed by atoms with van der Waals surface area (Å²) in [4.78, 5) is 8.88. The van der Waals surface area contributed by atoms with E-state index in [4.69, 9.17) is 0 Å². The predicted molar refractivity (Wildman–Crippen MR) is 78.0 cm³/mol. The zero-order chi connectivity index (χ0) is 14.0. The third kappa shape index (κ3) is 3.13. The standard InChI is InChI=1S/C14H17N3O2S/c18-20(19)6-5-11(10-20)7-15-8-12-9-16-13-3-1-2-4-14(13)17-12/h1-4,9,11,15H,5-8,10H2. The number of fused-ring (bicyclic) bond motifs is 1. The number of sulfone groups is 1. The molecule has 1 unspecified atom stereocenters. The molecule has 1 saturated heterocycles. The molecule has 0 bridgehead atoms. The highest BCUT2D eigenvalue weighted by Gasteiger charge is 2.27. The van der Waals surface area contributed by atoms with Crippen LogP contribution in [0.2, 0.25) is 0 Å². The number of nitrogens with zero attached hydrogens (tertiary/aromatic N) is 2. The molecule has 1 atom stereocenters. The van der Waals surface area contributed by atoms with Gasteiger partial charge in [0.15, 0.2) is 9.84 Å². The quantitative estimate of drug-likeness (QED) is 0.915. The van der Waals surface area contributed by atoms with Crippen molar-refractivity contribution in [2.45, 2.75) is 13.0 Å². The van der Waals surface area contributed by atoms with Gasteiger partial charge in [0.25, 0.3) is 0 Å². The molecule has 2 heterocycles. The van der Waals surface area contributed by atoms with Crippen molar-refractivity contribution in [1.82, 2.24) is 15.3 Å². The van der Waals surface area contributed by atoms with Gasteiger partial charge in [-0.05, 0) is 31.0 Å². The lowest BCUT2D eigenvalue weighted by Gasteiger charge is -2.09. The smallest absolute Gasteiger partial charge is 0.150 e. The van der Waals surface area contributed by atoms with Crippen molar-refractivity contribution in [2.75, 3.05) is 18.1 Å². The lowest BCUT2D eigenvalue weighted by atomic mass is 10.1. The Balaban J connectivity index is 1.57. The highest BCUT2D eigenvalue weighted by molar-refractivity contribution is 7.91. The summed E-state index contributed by atoms with van der Waals surface area (Å²) in [6.07, 6.45) is 2.53. The highest BCUT2D eigenvalue weighted by atomic mass is 32.2. The van der Waals surface area contributed by atoms with Gasteiger partial charge in [-0.1, -0.05) is 12.1 Å². The average Bonchev–Trinajstić information content (AvgIpc) is 2.78. The van der Waals surface area contributed by atoms with Crippen molar-refractivity contribution in [3.05, 3.63) is 36.2 Å². The van der Waals surface area contributed by atoms with Gasteiger partial charge in [-0.2, -0.15) is 0 Å². The Bertz CT molecular complexity index is 715. The van der Waals surface area contributed by atoms with Crippen molar-refractivity contribution in [2.24, 2.45) is 5.92 Å². The number of hydrogen-bond donors (Lipinski definition) is 1. The van der Waals surface area contributed by atoms with E-state index >= 15 is 0 Å². The number of aromatic nitrogens is 2. The molecule has 0 saturated carbocycles. The Hall–Kier alpha value is -1.53. The largest absolute Gasteiger partial charge is 0.311 e. The highest BCUT2D eigenvalue weighted by Crippen LogP contribution is 2.17. The number of hydrogen-bond acceptors (Lipinski definition) is 5. The summed E-state index contributed by atoms with van der Waals surface area (Å²) >= 11 is 0. The fraction of sp³-hybridized carbons (Fsp3) is 0.429. The lowest BCUT2D eigenvalue weighted by molar-refractivity contribution is 0.518. The molecule has 0 aliphatic carbocycles. The number of para-hydroxylation sites is 2. The van der Waals surface area contributed by atoms with Crippen molar-refractivity contribution in [3.8, 4) is 0 Å². The molecule has 0 amide bonds. The molecule has 3 rings (SSSR count). The van der Waals surface area contributed by atoms with E-state index in [1.807, 2.05) is 24.3 Å². The average molecular weight is 291 g/mol. The van der Waals surface area contributed by atoms with E-state index in [0.29, 0.717) is 24.6 Å². The zero-order valence-electron chi connectivity index (χ0n) is 11.1. The van der Waals surface area contributed by atoms with Gasteiger partial charge in [-0.3, -0.25) is 4.98 Å². The molecule has 106 valence electrons. The molecule has 0 radical (unpaired) electrons. The summed E-state index contributed by atoms with van der Waals surface area (Å²) in [6, 6.07) is 7.76. The molecular weight excluding hydrogens is 274 g/mol. The van der Waals surface area contributed by atoms with Gasteiger partial charge in [-0.15, -0.1) is 0 Å². The first-order valence-electron chi connectivity index (χ1n) is 6.74. The topological polar surface area (TPSA) is 72.0 Å². The summed E-state index contributed by atoms with van der Waals surface area (Å²) < 4.78 is 22.7. The maximum absolute atomic E-state index is 11.4. The van der Waals surface area contributed by atoms with Crippen molar-refractivity contribution < 1.29 is 8.42 Å². The molecule has 1 aromatic carbocycles. The number of rotatable bonds is 4. The maximum atomic E-state index is 11.4. The second-order valence-electron chi connectivity index (χ2n) is 5.25. The van der Waals surface area contributed by atoms with Crippen LogP contribution in [0, 0.1) is 5.92 Å². The van der Waals surface area contributed by atoms with Crippen LogP contribution in [0.1, 0.15) is 12.1 Å². The molecule has 1 aliphatic heterocycles. The Labute approximate surface area is 118 Å². The van der Waals surface area contributed by atoms with Gasteiger partial charge in [0.2, 0.25) is 0 Å². The van der Waals surface area contributed by atoms with E-state index < -0.39 is 9.84 Å². The molecular formula is C14H17N3O2S. The fourth-order valence-corrected chi connectivity index (χ4v) is 4.38. The van der Waals surface area contributed by atoms with E-state index in [1.54, 1.807) is 6.20 Å². The monoisotopic (exact) mass is 291 g/mol. The minimum Gasteiger partial charge on any atom is -0.311 e. The summed E-state index contributed by atoms with van der Waals surface area (Å²) in [7, 11) is -2.79. The summed E-state index contributed by atoms with van der Waals surface area (Å²) in [5.41, 5.74) is 2.65. The molecule has 2 aromatic rings. The Morgan fingerprint density at radius 2 is 2.05 bits per heavy atom. The normalized spacial score (nSPS) is 21.3. The van der Waals surface area contributed by atoms with Crippen LogP contribution in [0.4, 0.5) is 0 Å². The summed E-state index contributed by atoms with van der Waals surface area (Å²) in [5.74, 6) is 0.867. The molecule has 1 fully saturated rings. The molecule has 0 spiro atoms. The van der Waals surface area contributed by atoms with E-state index in [0.717, 1.165) is 23.1 Å². The Morgan fingerprint density at radius 3 is 2.80 bits per heavy atom. The summed E-state index contributed by atoms with van der Waals surface area (Å²) in [5, 5.41) is 3.28. The molecule has 20 heavy (non-hydrogen) atoms. The summed E-state index contributed by atoms with van der Waals surface area (Å²) in [6.45, 7) is 1.34. The van der Waals surface area contributed by atoms with Gasteiger partial charge >= 0.3 is 0 Å². The molecule has 6 heteroatoms. The maximum Gasteiger partial charge on any atom is 0.150 e. The Kier molecular flexibility index (Phi) is 3.67. The van der Waals surface area contributed by atoms with Crippen LogP contribution in [-0.4, -0.2) is 36.4 Å². The first kappa shape index (κ1) is 13.5. The Morgan fingerprint density at radius 1 is 1.25 bits per heavy atom. The first-order chi connectivity index (χ1) is 9.62. The second kappa shape index (κ2) is 5.46. The van der Waals surface area contributed by atoms with Crippen molar-refractivity contribution in [3.63, 3.8) is 0 Å². The number of nitrogens with one attached hydrogen (secondary N) is 1. The van der Waals surface area contributed by atoms with Gasteiger partial charge in [-0.25, -0.2) is 13.4 Å². The number of benzene rings is 1. The SMILES string of the molecule is O=S1(=O)CCC(CNCc2cnc3ccccc3n2)C1. The van der Waals surface area contributed by atoms with E-state index in [1.165, 1.54) is 0 Å². The van der Waals surface area contributed by atoms with Crippen LogP contribution in [0.5, 0.6) is 0 Å². The van der Waals surface area contributed by atoms with Gasteiger partial charge in [0.05, 0.1) is 34.4 Å². The van der Waals surface area contributed by atoms with Crippen LogP contribution >= 0.6 is 0 Å². The molecule has 1 N–H and O–H groups in total.